The van der Waals surface area contributed by atoms with Crippen LogP contribution in [0.4, 0.5) is 0 Å². The number of carbonyl (C=O) groups is 1. The van der Waals surface area contributed by atoms with E-state index in [1.54, 1.807) is 12.4 Å². The fourth-order valence-corrected chi connectivity index (χ4v) is 4.83. The Kier molecular flexibility index (Phi) is 5.71. The number of imidazole rings is 1. The first-order chi connectivity index (χ1) is 13.9. The van der Waals surface area contributed by atoms with E-state index in [1.165, 1.54) is 12.1 Å². The highest BCUT2D eigenvalue weighted by Crippen LogP contribution is 2.25. The number of hydrogen-bond donors (Lipinski definition) is 2. The van der Waals surface area contributed by atoms with Crippen molar-refractivity contribution in [2.75, 3.05) is 6.54 Å². The largest absolute Gasteiger partial charge is 0.352 e. The molecule has 1 saturated carbocycles. The van der Waals surface area contributed by atoms with E-state index in [9.17, 15) is 13.2 Å². The van der Waals surface area contributed by atoms with Gasteiger partial charge in [-0.15, -0.1) is 0 Å². The lowest BCUT2D eigenvalue weighted by atomic mass is 10.2. The number of para-hydroxylation sites is 2. The molecule has 1 aliphatic rings. The second-order valence-corrected chi connectivity index (χ2v) is 9.64. The number of hydrogen-bond acceptors (Lipinski definition) is 4. The molecule has 0 unspecified atom stereocenters. The molecule has 9 heteroatoms. The van der Waals surface area contributed by atoms with Crippen LogP contribution in [0.5, 0.6) is 0 Å². The van der Waals surface area contributed by atoms with Crippen molar-refractivity contribution in [3.63, 3.8) is 0 Å². The lowest BCUT2D eigenvalue weighted by Crippen LogP contribution is -2.28. The Hall–Kier alpha value is -2.23. The Bertz CT molecular complexity index is 1160. The summed E-state index contributed by atoms with van der Waals surface area (Å²) in [5, 5.41) is 2.86. The standard InChI is InChI=1S/C20H21BrN4O3S/c21-17-9-8-15(29(27,28)24-14-6-7-14)12-16(17)20(26)22-10-3-11-25-13-23-18-4-1-2-5-19(18)25/h1-2,4-5,8-9,12-14,24H,3,6-7,10-11H2,(H,22,26). The second-order valence-electron chi connectivity index (χ2n) is 7.07. The minimum Gasteiger partial charge on any atom is -0.352 e. The number of carbonyl (C=O) groups excluding carboxylic acids is 1. The molecule has 0 radical (unpaired) electrons. The van der Waals surface area contributed by atoms with Crippen molar-refractivity contribution in [3.05, 3.63) is 58.8 Å². The average molecular weight is 477 g/mol. The number of halogens is 1. The van der Waals surface area contributed by atoms with E-state index < -0.39 is 10.0 Å². The molecule has 2 N–H and O–H groups in total. The topological polar surface area (TPSA) is 93.1 Å². The molecule has 1 amide bonds. The van der Waals surface area contributed by atoms with Crippen LogP contribution in [0.25, 0.3) is 11.0 Å². The molecular formula is C20H21BrN4O3S. The molecule has 0 aliphatic heterocycles. The fourth-order valence-electron chi connectivity index (χ4n) is 3.07. The lowest BCUT2D eigenvalue weighted by Gasteiger charge is -2.11. The molecule has 29 heavy (non-hydrogen) atoms. The van der Waals surface area contributed by atoms with Crippen LogP contribution in [0.1, 0.15) is 29.6 Å². The molecule has 0 spiro atoms. The highest BCUT2D eigenvalue weighted by atomic mass is 79.9. The van der Waals surface area contributed by atoms with Crippen LogP contribution in [0.2, 0.25) is 0 Å². The van der Waals surface area contributed by atoms with Crippen LogP contribution >= 0.6 is 15.9 Å². The van der Waals surface area contributed by atoms with Crippen LogP contribution in [-0.2, 0) is 16.6 Å². The predicted octanol–water partition coefficient (Wildman–Crippen LogP) is 3.06. The summed E-state index contributed by atoms with van der Waals surface area (Å²) in [6, 6.07) is 12.4. The zero-order valence-electron chi connectivity index (χ0n) is 15.6. The minimum atomic E-state index is -3.61. The van der Waals surface area contributed by atoms with E-state index in [4.69, 9.17) is 0 Å². The van der Waals surface area contributed by atoms with Gasteiger partial charge in [-0.3, -0.25) is 4.79 Å². The Morgan fingerprint density at radius 1 is 1.21 bits per heavy atom. The first-order valence-corrected chi connectivity index (χ1v) is 11.7. The van der Waals surface area contributed by atoms with Gasteiger partial charge in [-0.1, -0.05) is 12.1 Å². The number of amides is 1. The van der Waals surface area contributed by atoms with Crippen molar-refractivity contribution in [3.8, 4) is 0 Å². The Morgan fingerprint density at radius 3 is 2.79 bits per heavy atom. The third kappa shape index (κ3) is 4.68. The van der Waals surface area contributed by atoms with Gasteiger partial charge < -0.3 is 9.88 Å². The third-order valence-corrected chi connectivity index (χ3v) is 6.99. The zero-order chi connectivity index (χ0) is 20.4. The van der Waals surface area contributed by atoms with Crippen LogP contribution in [0.3, 0.4) is 0 Å². The summed E-state index contributed by atoms with van der Waals surface area (Å²) < 4.78 is 30.0. The Labute approximate surface area is 177 Å². The van der Waals surface area contributed by atoms with Crippen molar-refractivity contribution < 1.29 is 13.2 Å². The van der Waals surface area contributed by atoms with Crippen molar-refractivity contribution in [2.24, 2.45) is 0 Å². The third-order valence-electron chi connectivity index (χ3n) is 4.78. The van der Waals surface area contributed by atoms with E-state index in [2.05, 4.69) is 31.0 Å². The minimum absolute atomic E-state index is 0.0141. The molecule has 2 aromatic carbocycles. The molecule has 4 rings (SSSR count). The molecule has 1 aromatic heterocycles. The monoisotopic (exact) mass is 476 g/mol. The number of nitrogens with zero attached hydrogens (tertiary/aromatic N) is 2. The van der Waals surface area contributed by atoms with Crippen LogP contribution < -0.4 is 10.0 Å². The molecular weight excluding hydrogens is 456 g/mol. The van der Waals surface area contributed by atoms with Gasteiger partial charge in [0, 0.05) is 23.6 Å². The number of benzene rings is 2. The van der Waals surface area contributed by atoms with Crippen molar-refractivity contribution in [2.45, 2.75) is 36.7 Å². The van der Waals surface area contributed by atoms with E-state index in [-0.39, 0.29) is 16.8 Å². The maximum atomic E-state index is 12.6. The summed E-state index contributed by atoms with van der Waals surface area (Å²) in [6.07, 6.45) is 4.24. The van der Waals surface area contributed by atoms with Crippen LogP contribution in [0.15, 0.2) is 58.2 Å². The summed E-state index contributed by atoms with van der Waals surface area (Å²) in [7, 11) is -3.61. The normalized spacial score (nSPS) is 14.2. The summed E-state index contributed by atoms with van der Waals surface area (Å²) in [5.41, 5.74) is 2.30. The van der Waals surface area contributed by atoms with Gasteiger partial charge in [-0.25, -0.2) is 18.1 Å². The van der Waals surface area contributed by atoms with E-state index in [0.717, 1.165) is 36.8 Å². The van der Waals surface area contributed by atoms with Crippen LogP contribution in [-0.4, -0.2) is 36.5 Å². The molecule has 0 saturated heterocycles. The summed E-state index contributed by atoms with van der Waals surface area (Å²) in [5.74, 6) is -0.309. The van der Waals surface area contributed by atoms with E-state index in [0.29, 0.717) is 16.6 Å². The highest BCUT2D eigenvalue weighted by molar-refractivity contribution is 9.10. The number of fused-ring (bicyclic) bond motifs is 1. The van der Waals surface area contributed by atoms with Gasteiger partial charge in [0.05, 0.1) is 27.8 Å². The Balaban J connectivity index is 1.37. The summed E-state index contributed by atoms with van der Waals surface area (Å²) in [6.45, 7) is 1.19. The van der Waals surface area contributed by atoms with E-state index in [1.807, 2.05) is 28.8 Å². The summed E-state index contributed by atoms with van der Waals surface area (Å²) >= 11 is 3.34. The SMILES string of the molecule is O=C(NCCCn1cnc2ccccc21)c1cc(S(=O)(=O)NC2CC2)ccc1Br. The predicted molar refractivity (Wildman–Crippen MR) is 114 cm³/mol. The maximum absolute atomic E-state index is 12.6. The summed E-state index contributed by atoms with van der Waals surface area (Å²) in [4.78, 5) is 17.0. The molecule has 1 heterocycles. The lowest BCUT2D eigenvalue weighted by molar-refractivity contribution is 0.0952. The smallest absolute Gasteiger partial charge is 0.252 e. The molecule has 7 nitrogen and oxygen atoms in total. The van der Waals surface area contributed by atoms with Gasteiger partial charge >= 0.3 is 0 Å². The molecule has 152 valence electrons. The fraction of sp³-hybridized carbons (Fsp3) is 0.300. The first-order valence-electron chi connectivity index (χ1n) is 9.44. The Morgan fingerprint density at radius 2 is 2.00 bits per heavy atom. The molecule has 1 aliphatic carbocycles. The number of nitrogens with one attached hydrogen (secondary N) is 2. The van der Waals surface area contributed by atoms with Crippen LogP contribution in [0, 0.1) is 0 Å². The molecule has 1 fully saturated rings. The number of rotatable bonds is 8. The van der Waals surface area contributed by atoms with Gasteiger partial charge in [-0.05, 0) is 65.5 Å². The first kappa shape index (κ1) is 20.1. The molecule has 3 aromatic rings. The highest BCUT2D eigenvalue weighted by Gasteiger charge is 2.28. The quantitative estimate of drug-likeness (QED) is 0.488. The molecule has 0 atom stereocenters. The van der Waals surface area contributed by atoms with Gasteiger partial charge in [0.15, 0.2) is 0 Å². The number of sulfonamides is 1. The van der Waals surface area contributed by atoms with Gasteiger partial charge in [-0.2, -0.15) is 0 Å². The molecule has 0 bridgehead atoms. The van der Waals surface area contributed by atoms with Crippen molar-refractivity contribution in [1.82, 2.24) is 19.6 Å². The zero-order valence-corrected chi connectivity index (χ0v) is 18.0. The second kappa shape index (κ2) is 8.25. The van der Waals surface area contributed by atoms with Gasteiger partial charge in [0.2, 0.25) is 10.0 Å². The average Bonchev–Trinajstić information content (AvgIpc) is 3.41. The van der Waals surface area contributed by atoms with Crippen molar-refractivity contribution in [1.29, 1.82) is 0 Å². The van der Waals surface area contributed by atoms with Gasteiger partial charge in [0.1, 0.15) is 0 Å². The number of aromatic nitrogens is 2. The van der Waals surface area contributed by atoms with Gasteiger partial charge in [0.25, 0.3) is 5.91 Å². The van der Waals surface area contributed by atoms with E-state index >= 15 is 0 Å². The maximum Gasteiger partial charge on any atom is 0.252 e. The number of aryl methyl sites for hydroxylation is 1. The van der Waals surface area contributed by atoms with Crippen molar-refractivity contribution >= 4 is 42.9 Å².